The van der Waals surface area contributed by atoms with Crippen molar-refractivity contribution in [3.63, 3.8) is 0 Å². The lowest BCUT2D eigenvalue weighted by Crippen LogP contribution is -2.04. The molecule has 0 atom stereocenters. The number of imidazole rings is 1. The second kappa shape index (κ2) is 6.49. The fourth-order valence-electron chi connectivity index (χ4n) is 2.41. The van der Waals surface area contributed by atoms with Gasteiger partial charge in [-0.3, -0.25) is 0 Å². The highest BCUT2D eigenvalue weighted by Crippen LogP contribution is 2.31. The van der Waals surface area contributed by atoms with Crippen LogP contribution in [0.15, 0.2) is 64.6 Å². The predicted molar refractivity (Wildman–Crippen MR) is 89.5 cm³/mol. The lowest BCUT2D eigenvalue weighted by atomic mass is 10.1. The van der Waals surface area contributed by atoms with Gasteiger partial charge in [-0.25, -0.2) is 4.98 Å². The van der Waals surface area contributed by atoms with E-state index in [2.05, 4.69) is 15.2 Å². The highest BCUT2D eigenvalue weighted by molar-refractivity contribution is 7.98. The third kappa shape index (κ3) is 3.43. The van der Waals surface area contributed by atoms with Crippen molar-refractivity contribution in [1.29, 1.82) is 0 Å². The maximum absolute atomic E-state index is 12.8. The molecule has 0 aliphatic carbocycles. The van der Waals surface area contributed by atoms with Crippen molar-refractivity contribution in [2.24, 2.45) is 0 Å². The summed E-state index contributed by atoms with van der Waals surface area (Å²) < 4.78 is 45.7. The van der Waals surface area contributed by atoms with Crippen LogP contribution in [0.4, 0.5) is 13.2 Å². The Balaban J connectivity index is 1.48. The summed E-state index contributed by atoms with van der Waals surface area (Å²) in [5.74, 6) is 0.638. The molecule has 0 fully saturated rings. The summed E-state index contributed by atoms with van der Waals surface area (Å²) in [6.45, 7) is 0. The number of alkyl halides is 3. The van der Waals surface area contributed by atoms with Gasteiger partial charge >= 0.3 is 6.18 Å². The molecule has 5 nitrogen and oxygen atoms in total. The van der Waals surface area contributed by atoms with Gasteiger partial charge in [0.05, 0.1) is 11.1 Å². The Hall–Kier alpha value is -2.81. The molecular formula is C17H11F3N4OS. The average Bonchev–Trinajstić information content (AvgIpc) is 3.28. The van der Waals surface area contributed by atoms with Crippen molar-refractivity contribution in [3.8, 4) is 11.5 Å². The molecule has 0 aliphatic rings. The third-order valence-electron chi connectivity index (χ3n) is 3.66. The summed E-state index contributed by atoms with van der Waals surface area (Å²) in [5, 5.41) is 8.24. The van der Waals surface area contributed by atoms with Crippen molar-refractivity contribution >= 4 is 17.4 Å². The molecule has 4 rings (SSSR count). The number of hydrogen-bond donors (Lipinski definition) is 0. The van der Waals surface area contributed by atoms with E-state index in [0.717, 1.165) is 23.3 Å². The van der Waals surface area contributed by atoms with Gasteiger partial charge in [0.1, 0.15) is 5.65 Å². The van der Waals surface area contributed by atoms with Crippen LogP contribution in [0.5, 0.6) is 0 Å². The Morgan fingerprint density at radius 1 is 1.12 bits per heavy atom. The molecule has 0 saturated carbocycles. The molecule has 3 aromatic heterocycles. The highest BCUT2D eigenvalue weighted by Gasteiger charge is 2.30. The summed E-state index contributed by atoms with van der Waals surface area (Å²) in [6.07, 6.45) is 0.948. The predicted octanol–water partition coefficient (Wildman–Crippen LogP) is 4.70. The van der Waals surface area contributed by atoms with Gasteiger partial charge in [0.2, 0.25) is 5.89 Å². The topological polar surface area (TPSA) is 56.2 Å². The number of halogens is 3. The number of hydrogen-bond acceptors (Lipinski definition) is 5. The Bertz CT molecular complexity index is 1060. The van der Waals surface area contributed by atoms with E-state index in [1.165, 1.54) is 17.8 Å². The molecule has 0 radical (unpaired) electrons. The lowest BCUT2D eigenvalue weighted by Gasteiger charge is -2.07. The zero-order valence-electron chi connectivity index (χ0n) is 13.1. The van der Waals surface area contributed by atoms with Crippen LogP contribution in [0.2, 0.25) is 0 Å². The number of thioether (sulfide) groups is 1. The highest BCUT2D eigenvalue weighted by atomic mass is 32.2. The van der Waals surface area contributed by atoms with Crippen LogP contribution in [-0.2, 0) is 11.9 Å². The minimum absolute atomic E-state index is 0.295. The second-order valence-electron chi connectivity index (χ2n) is 5.47. The van der Waals surface area contributed by atoms with Crippen molar-refractivity contribution in [2.45, 2.75) is 17.2 Å². The number of rotatable bonds is 4. The van der Waals surface area contributed by atoms with E-state index in [-0.39, 0.29) is 0 Å². The quantitative estimate of drug-likeness (QED) is 0.484. The zero-order chi connectivity index (χ0) is 18.1. The van der Waals surface area contributed by atoms with Gasteiger partial charge in [0.15, 0.2) is 0 Å². The van der Waals surface area contributed by atoms with Gasteiger partial charge in [0.25, 0.3) is 5.22 Å². The van der Waals surface area contributed by atoms with E-state index >= 15 is 0 Å². The Morgan fingerprint density at radius 3 is 2.85 bits per heavy atom. The summed E-state index contributed by atoms with van der Waals surface area (Å²) in [5.41, 5.74) is 1.39. The molecular weight excluding hydrogens is 365 g/mol. The van der Waals surface area contributed by atoms with E-state index in [9.17, 15) is 13.2 Å². The van der Waals surface area contributed by atoms with E-state index in [0.29, 0.717) is 22.4 Å². The molecule has 0 saturated heterocycles. The van der Waals surface area contributed by atoms with Gasteiger partial charge in [-0.2, -0.15) is 13.2 Å². The first-order valence-corrected chi connectivity index (χ1v) is 8.53. The number of benzene rings is 1. The monoisotopic (exact) mass is 376 g/mol. The van der Waals surface area contributed by atoms with Crippen LogP contribution >= 0.6 is 11.8 Å². The SMILES string of the molecule is FC(F)(F)c1cccc(CSc2nnc(-c3ccc4nccn4c3)o2)c1. The van der Waals surface area contributed by atoms with Crippen LogP contribution in [0.3, 0.4) is 0 Å². The van der Waals surface area contributed by atoms with Crippen LogP contribution < -0.4 is 0 Å². The number of aromatic nitrogens is 4. The first kappa shape index (κ1) is 16.6. The summed E-state index contributed by atoms with van der Waals surface area (Å²) >= 11 is 1.19. The normalized spacial score (nSPS) is 12.0. The van der Waals surface area contributed by atoms with Crippen LogP contribution in [0, 0.1) is 0 Å². The number of nitrogens with zero attached hydrogens (tertiary/aromatic N) is 4. The molecule has 1 aromatic carbocycles. The molecule has 0 N–H and O–H groups in total. The van der Waals surface area contributed by atoms with Crippen molar-refractivity contribution in [3.05, 3.63) is 66.1 Å². The lowest BCUT2D eigenvalue weighted by molar-refractivity contribution is -0.137. The molecule has 0 unspecified atom stereocenters. The molecule has 0 amide bonds. The van der Waals surface area contributed by atoms with Gasteiger partial charge in [0, 0.05) is 24.3 Å². The van der Waals surface area contributed by atoms with Crippen molar-refractivity contribution in [1.82, 2.24) is 19.6 Å². The van der Waals surface area contributed by atoms with Crippen molar-refractivity contribution in [2.75, 3.05) is 0 Å². The van der Waals surface area contributed by atoms with Crippen LogP contribution in [0.25, 0.3) is 17.1 Å². The number of fused-ring (bicyclic) bond motifs is 1. The Kier molecular flexibility index (Phi) is 4.15. The van der Waals surface area contributed by atoms with E-state index in [1.54, 1.807) is 18.5 Å². The van der Waals surface area contributed by atoms with Crippen LogP contribution in [-0.4, -0.2) is 19.6 Å². The minimum atomic E-state index is -4.36. The maximum Gasteiger partial charge on any atom is 0.416 e. The summed E-state index contributed by atoms with van der Waals surface area (Å²) in [6, 6.07) is 8.83. The molecule has 0 spiro atoms. The molecule has 9 heteroatoms. The van der Waals surface area contributed by atoms with Gasteiger partial charge < -0.3 is 8.82 Å². The minimum Gasteiger partial charge on any atom is -0.411 e. The third-order valence-corrected chi connectivity index (χ3v) is 4.55. The molecule has 0 bridgehead atoms. The van der Waals surface area contributed by atoms with E-state index < -0.39 is 11.7 Å². The number of pyridine rings is 1. The van der Waals surface area contributed by atoms with Gasteiger partial charge in [-0.15, -0.1) is 10.2 Å². The fourth-order valence-corrected chi connectivity index (χ4v) is 3.12. The van der Waals surface area contributed by atoms with Gasteiger partial charge in [-0.05, 0) is 23.8 Å². The first-order valence-electron chi connectivity index (χ1n) is 7.54. The summed E-state index contributed by atoms with van der Waals surface area (Å²) in [7, 11) is 0. The average molecular weight is 376 g/mol. The maximum atomic E-state index is 12.8. The molecule has 3 heterocycles. The smallest absolute Gasteiger partial charge is 0.411 e. The zero-order valence-corrected chi connectivity index (χ0v) is 14.0. The Labute approximate surface area is 149 Å². The largest absolute Gasteiger partial charge is 0.416 e. The molecule has 4 aromatic rings. The Morgan fingerprint density at radius 2 is 2.00 bits per heavy atom. The first-order chi connectivity index (χ1) is 12.5. The van der Waals surface area contributed by atoms with Crippen LogP contribution in [0.1, 0.15) is 11.1 Å². The fraction of sp³-hybridized carbons (Fsp3) is 0.118. The van der Waals surface area contributed by atoms with E-state index in [4.69, 9.17) is 4.42 Å². The standard InChI is InChI=1S/C17H11F3N4OS/c18-17(19,20)13-3-1-2-11(8-13)10-26-16-23-22-15(25-16)12-4-5-14-21-6-7-24(14)9-12/h1-9H,10H2. The molecule has 132 valence electrons. The van der Waals surface area contributed by atoms with Crippen molar-refractivity contribution < 1.29 is 17.6 Å². The molecule has 26 heavy (non-hydrogen) atoms. The summed E-state index contributed by atoms with van der Waals surface area (Å²) in [4.78, 5) is 4.16. The second-order valence-corrected chi connectivity index (χ2v) is 6.40. The van der Waals surface area contributed by atoms with E-state index in [1.807, 2.05) is 22.7 Å². The van der Waals surface area contributed by atoms with Gasteiger partial charge in [-0.1, -0.05) is 30.0 Å². The molecule has 0 aliphatic heterocycles.